The van der Waals surface area contributed by atoms with E-state index in [2.05, 4.69) is 26.3 Å². The molecule has 1 aliphatic rings. The van der Waals surface area contributed by atoms with E-state index in [0.717, 1.165) is 42.5 Å². The summed E-state index contributed by atoms with van der Waals surface area (Å²) in [6, 6.07) is 0. The maximum absolute atomic E-state index is 12.4. The lowest BCUT2D eigenvalue weighted by molar-refractivity contribution is 0.100. The molecule has 0 aliphatic heterocycles. The molecule has 2 heterocycles. The van der Waals surface area contributed by atoms with Crippen LogP contribution in [0.15, 0.2) is 10.7 Å². The summed E-state index contributed by atoms with van der Waals surface area (Å²) in [6.07, 6.45) is 6.78. The number of carbonyl (C=O) groups is 2. The van der Waals surface area contributed by atoms with Gasteiger partial charge in [-0.3, -0.25) is 14.3 Å². The number of hydrogen-bond donors (Lipinski definition) is 2. The van der Waals surface area contributed by atoms with Gasteiger partial charge >= 0.3 is 0 Å². The quantitative estimate of drug-likeness (QED) is 0.781. The van der Waals surface area contributed by atoms with Crippen LogP contribution in [0.25, 0.3) is 0 Å². The minimum absolute atomic E-state index is 0.284. The Kier molecular flexibility index (Phi) is 4.54. The molecule has 3 rings (SSSR count). The highest BCUT2D eigenvalue weighted by Gasteiger charge is 2.25. The van der Waals surface area contributed by atoms with E-state index in [1.807, 2.05) is 0 Å². The summed E-state index contributed by atoms with van der Waals surface area (Å²) in [5.41, 5.74) is 7.33. The third-order valence-corrected chi connectivity index (χ3v) is 5.68. The van der Waals surface area contributed by atoms with Crippen LogP contribution in [0, 0.1) is 0 Å². The largest absolute Gasteiger partial charge is 0.365 e. The second kappa shape index (κ2) is 6.45. The highest BCUT2D eigenvalue weighted by atomic mass is 79.9. The van der Waals surface area contributed by atoms with Crippen LogP contribution in [0.3, 0.4) is 0 Å². The van der Waals surface area contributed by atoms with Crippen molar-refractivity contribution < 1.29 is 9.59 Å². The van der Waals surface area contributed by atoms with Crippen molar-refractivity contribution in [2.45, 2.75) is 32.1 Å². The summed E-state index contributed by atoms with van der Waals surface area (Å²) in [5, 5.41) is 7.47. The topological polar surface area (TPSA) is 90.0 Å². The molecule has 1 aliphatic carbocycles. The van der Waals surface area contributed by atoms with Gasteiger partial charge in [-0.2, -0.15) is 5.10 Å². The number of halogens is 1. The maximum Gasteiger partial charge on any atom is 0.277 e. The first-order valence-corrected chi connectivity index (χ1v) is 9.03. The minimum atomic E-state index is -0.486. The summed E-state index contributed by atoms with van der Waals surface area (Å²) in [7, 11) is 1.74. The summed E-state index contributed by atoms with van der Waals surface area (Å²) in [6.45, 7) is 0. The van der Waals surface area contributed by atoms with Gasteiger partial charge in [0.15, 0.2) is 5.69 Å². The lowest BCUT2D eigenvalue weighted by atomic mass is 10.1. The van der Waals surface area contributed by atoms with Crippen molar-refractivity contribution in [3.8, 4) is 0 Å². The number of thiophene rings is 1. The second-order valence-electron chi connectivity index (χ2n) is 5.59. The standard InChI is InChI=1S/C15H17BrN4O2S/c1-20-7-9(16)12(19-20)14(22)18-15-11(13(17)21)8-5-3-2-4-6-10(8)23-15/h7H,2-6H2,1H3,(H2,17,21)(H,18,22). The third-order valence-electron chi connectivity index (χ3n) is 3.89. The summed E-state index contributed by atoms with van der Waals surface area (Å²) in [5.74, 6) is -0.837. The molecule has 0 saturated carbocycles. The number of fused-ring (bicyclic) bond motifs is 1. The molecule has 2 aromatic heterocycles. The Balaban J connectivity index is 1.95. The average Bonchev–Trinajstić information content (AvgIpc) is 2.90. The van der Waals surface area contributed by atoms with Gasteiger partial charge in [-0.05, 0) is 47.2 Å². The van der Waals surface area contributed by atoms with Crippen LogP contribution in [0.2, 0.25) is 0 Å². The van der Waals surface area contributed by atoms with Crippen molar-refractivity contribution in [3.63, 3.8) is 0 Å². The van der Waals surface area contributed by atoms with Crippen LogP contribution < -0.4 is 11.1 Å². The van der Waals surface area contributed by atoms with Gasteiger partial charge < -0.3 is 11.1 Å². The summed E-state index contributed by atoms with van der Waals surface area (Å²) in [4.78, 5) is 25.5. The number of nitrogens with one attached hydrogen (secondary N) is 1. The molecule has 3 N–H and O–H groups in total. The van der Waals surface area contributed by atoms with Gasteiger partial charge in [0.1, 0.15) is 5.00 Å². The van der Waals surface area contributed by atoms with Crippen molar-refractivity contribution in [3.05, 3.63) is 32.4 Å². The predicted octanol–water partition coefficient (Wildman–Crippen LogP) is 2.86. The first kappa shape index (κ1) is 16.2. The number of aromatic nitrogens is 2. The highest BCUT2D eigenvalue weighted by Crippen LogP contribution is 2.37. The summed E-state index contributed by atoms with van der Waals surface area (Å²) >= 11 is 4.77. The number of primary amides is 1. The van der Waals surface area contributed by atoms with E-state index in [9.17, 15) is 9.59 Å². The Bertz CT molecular complexity index is 781. The number of nitrogens with two attached hydrogens (primary N) is 1. The molecule has 23 heavy (non-hydrogen) atoms. The van der Waals surface area contributed by atoms with Crippen LogP contribution >= 0.6 is 27.3 Å². The van der Waals surface area contributed by atoms with Gasteiger partial charge in [-0.15, -0.1) is 11.3 Å². The van der Waals surface area contributed by atoms with Crippen LogP contribution in [0.4, 0.5) is 5.00 Å². The molecule has 0 atom stereocenters. The van der Waals surface area contributed by atoms with E-state index in [4.69, 9.17) is 5.73 Å². The van der Waals surface area contributed by atoms with Crippen LogP contribution in [-0.4, -0.2) is 21.6 Å². The fraction of sp³-hybridized carbons (Fsp3) is 0.400. The normalized spacial score (nSPS) is 14.2. The first-order valence-electron chi connectivity index (χ1n) is 7.42. The van der Waals surface area contributed by atoms with Gasteiger partial charge in [0, 0.05) is 18.1 Å². The van der Waals surface area contributed by atoms with Crippen molar-refractivity contribution in [1.82, 2.24) is 9.78 Å². The van der Waals surface area contributed by atoms with E-state index in [0.29, 0.717) is 15.0 Å². The maximum atomic E-state index is 12.4. The molecule has 122 valence electrons. The number of nitrogens with zero attached hydrogens (tertiary/aromatic N) is 2. The molecule has 0 spiro atoms. The zero-order valence-electron chi connectivity index (χ0n) is 12.7. The number of carbonyl (C=O) groups excluding carboxylic acids is 2. The Morgan fingerprint density at radius 1 is 1.35 bits per heavy atom. The fourth-order valence-electron chi connectivity index (χ4n) is 2.87. The number of amides is 2. The van der Waals surface area contributed by atoms with E-state index >= 15 is 0 Å². The molecule has 0 fully saturated rings. The van der Waals surface area contributed by atoms with Gasteiger partial charge in [0.05, 0.1) is 10.0 Å². The van der Waals surface area contributed by atoms with Crippen LogP contribution in [0.1, 0.15) is 50.5 Å². The Labute approximate surface area is 146 Å². The molecule has 0 unspecified atom stereocenters. The number of anilines is 1. The number of rotatable bonds is 3. The average molecular weight is 397 g/mol. The molecular formula is C15H17BrN4O2S. The van der Waals surface area contributed by atoms with Crippen LogP contribution in [-0.2, 0) is 19.9 Å². The zero-order valence-corrected chi connectivity index (χ0v) is 15.1. The van der Waals surface area contributed by atoms with Crippen molar-refractivity contribution >= 4 is 44.1 Å². The highest BCUT2D eigenvalue weighted by molar-refractivity contribution is 9.10. The molecule has 6 nitrogen and oxygen atoms in total. The predicted molar refractivity (Wildman–Crippen MR) is 93.0 cm³/mol. The van der Waals surface area contributed by atoms with Gasteiger partial charge in [-0.1, -0.05) is 6.42 Å². The van der Waals surface area contributed by atoms with E-state index in [1.165, 1.54) is 11.3 Å². The number of aryl methyl sites for hydroxylation is 2. The second-order valence-corrected chi connectivity index (χ2v) is 7.55. The fourth-order valence-corrected chi connectivity index (χ4v) is 4.71. The van der Waals surface area contributed by atoms with Gasteiger partial charge in [0.2, 0.25) is 0 Å². The first-order chi connectivity index (χ1) is 11.0. The lowest BCUT2D eigenvalue weighted by Crippen LogP contribution is -2.18. The molecular weight excluding hydrogens is 380 g/mol. The lowest BCUT2D eigenvalue weighted by Gasteiger charge is -2.05. The Hall–Kier alpha value is -1.67. The minimum Gasteiger partial charge on any atom is -0.365 e. The molecule has 0 aromatic carbocycles. The van der Waals surface area contributed by atoms with Crippen LogP contribution in [0.5, 0.6) is 0 Å². The van der Waals surface area contributed by atoms with E-state index in [1.54, 1.807) is 17.9 Å². The monoisotopic (exact) mass is 396 g/mol. The van der Waals surface area contributed by atoms with E-state index < -0.39 is 5.91 Å². The Morgan fingerprint density at radius 2 is 2.09 bits per heavy atom. The van der Waals surface area contributed by atoms with E-state index in [-0.39, 0.29) is 11.6 Å². The third kappa shape index (κ3) is 3.18. The van der Waals surface area contributed by atoms with Gasteiger partial charge in [0.25, 0.3) is 11.8 Å². The molecule has 8 heteroatoms. The SMILES string of the molecule is Cn1cc(Br)c(C(=O)Nc2sc3c(c2C(N)=O)CCCCC3)n1. The smallest absolute Gasteiger partial charge is 0.277 e. The number of hydrogen-bond acceptors (Lipinski definition) is 4. The summed E-state index contributed by atoms with van der Waals surface area (Å²) < 4.78 is 2.16. The molecule has 2 aromatic rings. The van der Waals surface area contributed by atoms with Crippen molar-refractivity contribution in [2.75, 3.05) is 5.32 Å². The zero-order chi connectivity index (χ0) is 16.6. The van der Waals surface area contributed by atoms with Crippen molar-refractivity contribution in [2.24, 2.45) is 12.8 Å². The van der Waals surface area contributed by atoms with Crippen molar-refractivity contribution in [1.29, 1.82) is 0 Å². The molecule has 0 bridgehead atoms. The van der Waals surface area contributed by atoms with Gasteiger partial charge in [-0.25, -0.2) is 0 Å². The molecule has 2 amide bonds. The molecule has 0 saturated heterocycles. The molecule has 0 radical (unpaired) electrons. The Morgan fingerprint density at radius 3 is 2.74 bits per heavy atom.